The number of nitrogens with zero attached hydrogens (tertiary/aromatic N) is 3. The van der Waals surface area contributed by atoms with E-state index in [0.717, 1.165) is 5.75 Å². The van der Waals surface area contributed by atoms with Crippen LogP contribution in [0, 0.1) is 6.92 Å². The topological polar surface area (TPSA) is 57.0 Å². The molecule has 0 aliphatic carbocycles. The van der Waals surface area contributed by atoms with Crippen LogP contribution in [-0.4, -0.2) is 27.9 Å². The fraction of sp³-hybridized carbons (Fsp3) is 0.250. The maximum absolute atomic E-state index is 10.4. The SMILES string of the molecule is Cc1ccc(OCCn2cc(C=O)nn2)cc1. The van der Waals surface area contributed by atoms with Gasteiger partial charge in [-0.1, -0.05) is 22.9 Å². The van der Waals surface area contributed by atoms with Gasteiger partial charge in [-0.05, 0) is 19.1 Å². The summed E-state index contributed by atoms with van der Waals surface area (Å²) in [6.07, 6.45) is 2.26. The maximum Gasteiger partial charge on any atom is 0.171 e. The van der Waals surface area contributed by atoms with Gasteiger partial charge in [-0.15, -0.1) is 5.10 Å². The highest BCUT2D eigenvalue weighted by molar-refractivity contribution is 5.70. The summed E-state index contributed by atoms with van der Waals surface area (Å²) in [5.74, 6) is 0.825. The van der Waals surface area contributed by atoms with Crippen LogP contribution in [-0.2, 0) is 6.54 Å². The normalized spacial score (nSPS) is 10.2. The average Bonchev–Trinajstić information content (AvgIpc) is 2.80. The van der Waals surface area contributed by atoms with Gasteiger partial charge in [0.05, 0.1) is 12.7 Å². The Morgan fingerprint density at radius 3 is 2.76 bits per heavy atom. The van der Waals surface area contributed by atoms with Crippen molar-refractivity contribution in [3.05, 3.63) is 41.7 Å². The number of carbonyl (C=O) groups is 1. The predicted molar refractivity (Wildman–Crippen MR) is 62.1 cm³/mol. The number of ether oxygens (including phenoxy) is 1. The van der Waals surface area contributed by atoms with Crippen LogP contribution < -0.4 is 4.74 Å². The van der Waals surface area contributed by atoms with Gasteiger partial charge in [0.2, 0.25) is 0 Å². The van der Waals surface area contributed by atoms with Gasteiger partial charge in [-0.3, -0.25) is 4.79 Å². The molecule has 0 fully saturated rings. The van der Waals surface area contributed by atoms with Gasteiger partial charge in [-0.25, -0.2) is 4.68 Å². The van der Waals surface area contributed by atoms with E-state index in [1.54, 1.807) is 10.9 Å². The minimum Gasteiger partial charge on any atom is -0.492 e. The Labute approximate surface area is 99.0 Å². The molecule has 2 aromatic rings. The molecule has 0 spiro atoms. The lowest BCUT2D eigenvalue weighted by Crippen LogP contribution is -2.08. The molecule has 0 saturated carbocycles. The van der Waals surface area contributed by atoms with Crippen LogP contribution >= 0.6 is 0 Å². The van der Waals surface area contributed by atoms with Gasteiger partial charge in [0, 0.05) is 0 Å². The smallest absolute Gasteiger partial charge is 0.171 e. The molecule has 0 aliphatic heterocycles. The number of benzene rings is 1. The fourth-order valence-electron chi connectivity index (χ4n) is 1.37. The zero-order chi connectivity index (χ0) is 12.1. The molecule has 1 aromatic carbocycles. The molecule has 1 aromatic heterocycles. The van der Waals surface area contributed by atoms with Crippen LogP contribution in [0.25, 0.3) is 0 Å². The van der Waals surface area contributed by atoms with E-state index < -0.39 is 0 Å². The van der Waals surface area contributed by atoms with Gasteiger partial charge in [0.1, 0.15) is 18.1 Å². The Hall–Kier alpha value is -2.17. The summed E-state index contributed by atoms with van der Waals surface area (Å²) < 4.78 is 7.11. The van der Waals surface area contributed by atoms with Crippen molar-refractivity contribution in [2.24, 2.45) is 0 Å². The first-order valence-electron chi connectivity index (χ1n) is 5.33. The highest BCUT2D eigenvalue weighted by Gasteiger charge is 1.99. The number of aromatic nitrogens is 3. The minimum absolute atomic E-state index is 0.334. The third-order valence-electron chi connectivity index (χ3n) is 2.29. The predicted octanol–water partition coefficient (Wildman–Crippen LogP) is 1.48. The van der Waals surface area contributed by atoms with Gasteiger partial charge < -0.3 is 4.74 Å². The Kier molecular flexibility index (Phi) is 3.49. The lowest BCUT2D eigenvalue weighted by molar-refractivity contribution is 0.111. The standard InChI is InChI=1S/C12H13N3O2/c1-10-2-4-12(5-3-10)17-7-6-15-8-11(9-16)13-14-15/h2-5,8-9H,6-7H2,1H3. The first-order chi connectivity index (χ1) is 8.28. The zero-order valence-corrected chi connectivity index (χ0v) is 9.54. The monoisotopic (exact) mass is 231 g/mol. The first-order valence-corrected chi connectivity index (χ1v) is 5.33. The van der Waals surface area contributed by atoms with Crippen molar-refractivity contribution in [3.63, 3.8) is 0 Å². The van der Waals surface area contributed by atoms with Crippen molar-refractivity contribution in [3.8, 4) is 5.75 Å². The summed E-state index contributed by atoms with van der Waals surface area (Å²) in [7, 11) is 0. The summed E-state index contributed by atoms with van der Waals surface area (Å²) in [6, 6.07) is 7.84. The van der Waals surface area contributed by atoms with Gasteiger partial charge >= 0.3 is 0 Å². The average molecular weight is 231 g/mol. The van der Waals surface area contributed by atoms with Crippen LogP contribution in [0.4, 0.5) is 0 Å². The number of aldehydes is 1. The molecule has 88 valence electrons. The number of hydrogen-bond acceptors (Lipinski definition) is 4. The summed E-state index contributed by atoms with van der Waals surface area (Å²) in [5.41, 5.74) is 1.53. The van der Waals surface area contributed by atoms with Crippen molar-refractivity contribution in [2.45, 2.75) is 13.5 Å². The van der Waals surface area contributed by atoms with Crippen LogP contribution in [0.3, 0.4) is 0 Å². The van der Waals surface area contributed by atoms with E-state index in [1.165, 1.54) is 5.56 Å². The Bertz CT molecular complexity index is 491. The Morgan fingerprint density at radius 1 is 1.35 bits per heavy atom. The molecular formula is C12H13N3O2. The highest BCUT2D eigenvalue weighted by Crippen LogP contribution is 2.11. The largest absolute Gasteiger partial charge is 0.492 e. The fourth-order valence-corrected chi connectivity index (χ4v) is 1.37. The van der Waals surface area contributed by atoms with Gasteiger partial charge in [0.15, 0.2) is 6.29 Å². The van der Waals surface area contributed by atoms with E-state index in [2.05, 4.69) is 10.3 Å². The van der Waals surface area contributed by atoms with Crippen molar-refractivity contribution in [2.75, 3.05) is 6.61 Å². The molecular weight excluding hydrogens is 218 g/mol. The lowest BCUT2D eigenvalue weighted by atomic mass is 10.2. The molecule has 0 unspecified atom stereocenters. The van der Waals surface area contributed by atoms with Crippen LogP contribution in [0.1, 0.15) is 16.1 Å². The molecule has 0 atom stereocenters. The summed E-state index contributed by atoms with van der Waals surface area (Å²) in [6.45, 7) is 3.08. The maximum atomic E-state index is 10.4. The summed E-state index contributed by atoms with van der Waals surface area (Å²) >= 11 is 0. The number of hydrogen-bond donors (Lipinski definition) is 0. The second-order valence-corrected chi connectivity index (χ2v) is 3.69. The Morgan fingerprint density at radius 2 is 2.12 bits per heavy atom. The highest BCUT2D eigenvalue weighted by atomic mass is 16.5. The molecule has 0 radical (unpaired) electrons. The van der Waals surface area contributed by atoms with Crippen molar-refractivity contribution < 1.29 is 9.53 Å². The van der Waals surface area contributed by atoms with Crippen LogP contribution in [0.5, 0.6) is 5.75 Å². The molecule has 1 heterocycles. The number of carbonyl (C=O) groups excluding carboxylic acids is 1. The molecule has 0 amide bonds. The quantitative estimate of drug-likeness (QED) is 0.731. The van der Waals surface area contributed by atoms with Crippen molar-refractivity contribution in [1.29, 1.82) is 0 Å². The molecule has 5 heteroatoms. The molecule has 17 heavy (non-hydrogen) atoms. The molecule has 2 rings (SSSR count). The van der Waals surface area contributed by atoms with E-state index in [1.807, 2.05) is 31.2 Å². The number of aryl methyl sites for hydroxylation is 1. The van der Waals surface area contributed by atoms with E-state index in [4.69, 9.17) is 4.74 Å². The zero-order valence-electron chi connectivity index (χ0n) is 9.54. The van der Waals surface area contributed by atoms with E-state index >= 15 is 0 Å². The molecule has 0 N–H and O–H groups in total. The third-order valence-corrected chi connectivity index (χ3v) is 2.29. The second-order valence-electron chi connectivity index (χ2n) is 3.69. The van der Waals surface area contributed by atoms with E-state index in [0.29, 0.717) is 25.1 Å². The molecule has 0 saturated heterocycles. The van der Waals surface area contributed by atoms with Crippen molar-refractivity contribution in [1.82, 2.24) is 15.0 Å². The third kappa shape index (κ3) is 3.14. The molecule has 0 bridgehead atoms. The summed E-state index contributed by atoms with van der Waals surface area (Å²) in [4.78, 5) is 10.4. The van der Waals surface area contributed by atoms with Gasteiger partial charge in [-0.2, -0.15) is 0 Å². The molecule has 5 nitrogen and oxygen atoms in total. The summed E-state index contributed by atoms with van der Waals surface area (Å²) in [5, 5.41) is 7.45. The van der Waals surface area contributed by atoms with Crippen LogP contribution in [0.2, 0.25) is 0 Å². The van der Waals surface area contributed by atoms with E-state index in [-0.39, 0.29) is 0 Å². The van der Waals surface area contributed by atoms with E-state index in [9.17, 15) is 4.79 Å². The Balaban J connectivity index is 1.83. The van der Waals surface area contributed by atoms with Gasteiger partial charge in [0.25, 0.3) is 0 Å². The number of rotatable bonds is 5. The minimum atomic E-state index is 0.334. The van der Waals surface area contributed by atoms with Crippen molar-refractivity contribution >= 4 is 6.29 Å². The molecule has 0 aliphatic rings. The lowest BCUT2D eigenvalue weighted by Gasteiger charge is -2.05. The second kappa shape index (κ2) is 5.25. The van der Waals surface area contributed by atoms with Crippen LogP contribution in [0.15, 0.2) is 30.5 Å². The first kappa shape index (κ1) is 11.3.